The first kappa shape index (κ1) is 13.5. The van der Waals surface area contributed by atoms with Crippen molar-refractivity contribution in [2.24, 2.45) is 17.1 Å². The van der Waals surface area contributed by atoms with E-state index in [2.05, 4.69) is 13.8 Å². The van der Waals surface area contributed by atoms with Crippen molar-refractivity contribution in [1.82, 2.24) is 0 Å². The number of halogens is 2. The zero-order chi connectivity index (χ0) is 13.3. The van der Waals surface area contributed by atoms with Crippen molar-refractivity contribution in [2.45, 2.75) is 45.6 Å². The summed E-state index contributed by atoms with van der Waals surface area (Å²) in [6, 6.07) is 3.12. The van der Waals surface area contributed by atoms with E-state index < -0.39 is 17.7 Å². The number of benzene rings is 1. The molecule has 1 fully saturated rings. The quantitative estimate of drug-likeness (QED) is 0.840. The molecule has 2 N–H and O–H groups in total. The Morgan fingerprint density at radius 1 is 1.28 bits per heavy atom. The summed E-state index contributed by atoms with van der Waals surface area (Å²) in [4.78, 5) is 0. The molecular formula is C15H21F2N. The summed E-state index contributed by atoms with van der Waals surface area (Å²) in [5.74, 6) is -0.608. The van der Waals surface area contributed by atoms with Gasteiger partial charge in [0.2, 0.25) is 0 Å². The van der Waals surface area contributed by atoms with Crippen molar-refractivity contribution in [3.63, 3.8) is 0 Å². The van der Waals surface area contributed by atoms with E-state index in [9.17, 15) is 8.78 Å². The highest BCUT2D eigenvalue weighted by Gasteiger charge is 2.37. The number of hydrogen-bond acceptors (Lipinski definition) is 1. The van der Waals surface area contributed by atoms with Gasteiger partial charge in [0.25, 0.3) is 0 Å². The summed E-state index contributed by atoms with van der Waals surface area (Å²) in [5.41, 5.74) is 6.62. The minimum atomic E-state index is -0.421. The maximum Gasteiger partial charge on any atom is 0.128 e. The van der Waals surface area contributed by atoms with Crippen molar-refractivity contribution >= 4 is 0 Å². The fourth-order valence-electron chi connectivity index (χ4n) is 3.17. The van der Waals surface area contributed by atoms with E-state index >= 15 is 0 Å². The van der Waals surface area contributed by atoms with Crippen LogP contribution in [-0.2, 0) is 0 Å². The fourth-order valence-corrected chi connectivity index (χ4v) is 3.17. The normalized spacial score (nSPS) is 24.8. The molecule has 0 heterocycles. The van der Waals surface area contributed by atoms with E-state index in [1.165, 1.54) is 18.6 Å². The van der Waals surface area contributed by atoms with Gasteiger partial charge in [-0.05, 0) is 42.4 Å². The Hall–Kier alpha value is -0.960. The highest BCUT2D eigenvalue weighted by atomic mass is 19.1. The second kappa shape index (κ2) is 4.96. The van der Waals surface area contributed by atoms with Crippen LogP contribution >= 0.6 is 0 Å². The summed E-state index contributed by atoms with van der Waals surface area (Å²) >= 11 is 0. The molecule has 1 nitrogen and oxygen atoms in total. The molecule has 0 aliphatic heterocycles. The van der Waals surface area contributed by atoms with Gasteiger partial charge >= 0.3 is 0 Å². The van der Waals surface area contributed by atoms with Crippen LogP contribution in [-0.4, -0.2) is 0 Å². The van der Waals surface area contributed by atoms with E-state index in [0.29, 0.717) is 5.56 Å². The van der Waals surface area contributed by atoms with Gasteiger partial charge in [-0.15, -0.1) is 0 Å². The van der Waals surface area contributed by atoms with Gasteiger partial charge in [-0.1, -0.05) is 26.7 Å². The zero-order valence-corrected chi connectivity index (χ0v) is 11.0. The molecule has 0 spiro atoms. The van der Waals surface area contributed by atoms with Crippen LogP contribution in [0.1, 0.15) is 51.1 Å². The average molecular weight is 253 g/mol. The van der Waals surface area contributed by atoms with Crippen molar-refractivity contribution < 1.29 is 8.78 Å². The smallest absolute Gasteiger partial charge is 0.128 e. The van der Waals surface area contributed by atoms with Gasteiger partial charge in [0.15, 0.2) is 0 Å². The molecule has 0 saturated heterocycles. The van der Waals surface area contributed by atoms with Crippen LogP contribution in [0.3, 0.4) is 0 Å². The van der Waals surface area contributed by atoms with Crippen LogP contribution in [0.5, 0.6) is 0 Å². The summed E-state index contributed by atoms with van der Waals surface area (Å²) in [7, 11) is 0. The largest absolute Gasteiger partial charge is 0.324 e. The van der Waals surface area contributed by atoms with Gasteiger partial charge < -0.3 is 5.73 Å². The first-order valence-electron chi connectivity index (χ1n) is 6.62. The molecular weight excluding hydrogens is 232 g/mol. The van der Waals surface area contributed by atoms with Gasteiger partial charge in [-0.2, -0.15) is 0 Å². The third-order valence-corrected chi connectivity index (χ3v) is 4.34. The Labute approximate surface area is 107 Å². The summed E-state index contributed by atoms with van der Waals surface area (Å²) in [5, 5.41) is 0. The molecule has 2 rings (SSSR count). The maximum atomic E-state index is 13.8. The number of rotatable bonds is 2. The Kier molecular flexibility index (Phi) is 3.71. The molecule has 18 heavy (non-hydrogen) atoms. The zero-order valence-electron chi connectivity index (χ0n) is 11.0. The van der Waals surface area contributed by atoms with Gasteiger partial charge in [0.1, 0.15) is 11.6 Å². The lowest BCUT2D eigenvalue weighted by Gasteiger charge is -2.42. The molecule has 1 saturated carbocycles. The second-order valence-corrected chi connectivity index (χ2v) is 6.03. The topological polar surface area (TPSA) is 26.0 Å². The highest BCUT2D eigenvalue weighted by molar-refractivity contribution is 5.23. The second-order valence-electron chi connectivity index (χ2n) is 6.03. The van der Waals surface area contributed by atoms with Crippen LogP contribution in [0.4, 0.5) is 8.78 Å². The van der Waals surface area contributed by atoms with E-state index in [1.807, 2.05) is 0 Å². The summed E-state index contributed by atoms with van der Waals surface area (Å²) in [6.45, 7) is 4.35. The van der Waals surface area contributed by atoms with Gasteiger partial charge in [-0.25, -0.2) is 8.78 Å². The Bertz CT molecular complexity index is 429. The van der Waals surface area contributed by atoms with E-state index in [4.69, 9.17) is 5.73 Å². The molecule has 1 aliphatic carbocycles. The first-order chi connectivity index (χ1) is 8.42. The standard InChI is InChI=1S/C15H21F2N/c1-15(2)8-4-3-5-12(15)14(18)11-9-10(16)6-7-13(11)17/h6-7,9,12,14H,3-5,8,18H2,1-2H3. The van der Waals surface area contributed by atoms with Gasteiger partial charge in [-0.3, -0.25) is 0 Å². The van der Waals surface area contributed by atoms with Crippen molar-refractivity contribution in [3.8, 4) is 0 Å². The minimum absolute atomic E-state index is 0.0937. The molecule has 1 aromatic carbocycles. The average Bonchev–Trinajstić information content (AvgIpc) is 2.31. The van der Waals surface area contributed by atoms with Crippen LogP contribution < -0.4 is 5.73 Å². The summed E-state index contributed by atoms with van der Waals surface area (Å²) in [6.07, 6.45) is 4.41. The molecule has 0 bridgehead atoms. The SMILES string of the molecule is CC1(C)CCCCC1C(N)c1cc(F)ccc1F. The predicted octanol–water partition coefficient (Wildman–Crippen LogP) is 4.18. The molecule has 0 amide bonds. The fraction of sp³-hybridized carbons (Fsp3) is 0.600. The Morgan fingerprint density at radius 3 is 2.67 bits per heavy atom. The maximum absolute atomic E-state index is 13.8. The molecule has 1 aromatic rings. The lowest BCUT2D eigenvalue weighted by molar-refractivity contribution is 0.111. The van der Waals surface area contributed by atoms with E-state index in [-0.39, 0.29) is 11.3 Å². The number of nitrogens with two attached hydrogens (primary N) is 1. The van der Waals surface area contributed by atoms with Crippen LogP contribution in [0.2, 0.25) is 0 Å². The summed E-state index contributed by atoms with van der Waals surface area (Å²) < 4.78 is 27.0. The molecule has 1 aliphatic rings. The third kappa shape index (κ3) is 2.56. The van der Waals surface area contributed by atoms with E-state index in [1.54, 1.807) is 0 Å². The van der Waals surface area contributed by atoms with E-state index in [0.717, 1.165) is 25.3 Å². The molecule has 100 valence electrons. The molecule has 2 atom stereocenters. The van der Waals surface area contributed by atoms with Crippen molar-refractivity contribution in [1.29, 1.82) is 0 Å². The highest BCUT2D eigenvalue weighted by Crippen LogP contribution is 2.46. The molecule has 3 heteroatoms. The van der Waals surface area contributed by atoms with Crippen LogP contribution in [0.15, 0.2) is 18.2 Å². The monoisotopic (exact) mass is 253 g/mol. The van der Waals surface area contributed by atoms with Crippen molar-refractivity contribution in [2.75, 3.05) is 0 Å². The van der Waals surface area contributed by atoms with Gasteiger partial charge in [0.05, 0.1) is 0 Å². The van der Waals surface area contributed by atoms with Crippen LogP contribution in [0.25, 0.3) is 0 Å². The van der Waals surface area contributed by atoms with Crippen molar-refractivity contribution in [3.05, 3.63) is 35.4 Å². The third-order valence-electron chi connectivity index (χ3n) is 4.34. The lowest BCUT2D eigenvalue weighted by Crippen LogP contribution is -2.36. The van der Waals surface area contributed by atoms with Gasteiger partial charge in [0, 0.05) is 11.6 Å². The minimum Gasteiger partial charge on any atom is -0.324 e. The number of hydrogen-bond donors (Lipinski definition) is 1. The molecule has 2 unspecified atom stereocenters. The first-order valence-corrected chi connectivity index (χ1v) is 6.62. The molecule has 0 aromatic heterocycles. The predicted molar refractivity (Wildman–Crippen MR) is 69.0 cm³/mol. The Balaban J connectivity index is 2.29. The lowest BCUT2D eigenvalue weighted by atomic mass is 9.65. The van der Waals surface area contributed by atoms with Crippen LogP contribution in [0, 0.1) is 23.0 Å². The molecule has 0 radical (unpaired) electrons. The Morgan fingerprint density at radius 2 is 2.00 bits per heavy atom.